The number of aliphatic hydroxyl groups is 1. The highest BCUT2D eigenvalue weighted by atomic mass is 31.2. The Balaban J connectivity index is 5.20. The molecule has 0 aromatic rings. The summed E-state index contributed by atoms with van der Waals surface area (Å²) in [6.07, 6.45) is 51.7. The van der Waals surface area contributed by atoms with Gasteiger partial charge in [-0.25, -0.2) is 9.13 Å². The third-order valence-corrected chi connectivity index (χ3v) is 19.7. The van der Waals surface area contributed by atoms with Gasteiger partial charge in [-0.2, -0.15) is 0 Å². The van der Waals surface area contributed by atoms with Gasteiger partial charge < -0.3 is 33.8 Å². The summed E-state index contributed by atoms with van der Waals surface area (Å²) in [6.45, 7) is 14.1. The van der Waals surface area contributed by atoms with Crippen molar-refractivity contribution in [1.29, 1.82) is 0 Å². The van der Waals surface area contributed by atoms with E-state index in [-0.39, 0.29) is 25.7 Å². The second-order valence-corrected chi connectivity index (χ2v) is 32.6. The summed E-state index contributed by atoms with van der Waals surface area (Å²) in [5.74, 6) is 0.864. The van der Waals surface area contributed by atoms with Crippen LogP contribution in [0.4, 0.5) is 0 Å². The molecule has 0 aliphatic rings. The number of aliphatic hydroxyl groups excluding tert-OH is 1. The smallest absolute Gasteiger partial charge is 0.462 e. The minimum atomic E-state index is -4.96. The average Bonchev–Trinajstić information content (AvgIpc) is 1.34. The standard InChI is InChI=1S/C77H150O17P2/c1-67(2)53-45-37-29-24-20-16-12-9-10-14-18-22-26-32-41-49-57-74(79)87-63-72(93-76(81)59-51-43-33-27-23-19-15-11-13-17-21-25-30-38-46-54-68(3)4)65-91-95(83,84)89-61-71(78)62-90-96(85,86)92-66-73(94-77(82)60-52-44-36-35-40-48-56-70(7)8)64-88-75(80)58-50-42-34-28-31-39-47-55-69(5)6/h67-73,78H,9-66H2,1-8H3,(H,83,84)(H,85,86)/t71?,72-,73-/m1/s1. The van der Waals surface area contributed by atoms with Crippen LogP contribution in [0.5, 0.6) is 0 Å². The number of carbonyl (C=O) groups excluding carboxylic acids is 4. The number of phosphoric acid groups is 2. The zero-order chi connectivity index (χ0) is 71.0. The van der Waals surface area contributed by atoms with E-state index in [0.717, 1.165) is 108 Å². The molecule has 0 rings (SSSR count). The van der Waals surface area contributed by atoms with E-state index in [2.05, 4.69) is 55.4 Å². The lowest BCUT2D eigenvalue weighted by molar-refractivity contribution is -0.161. The van der Waals surface area contributed by atoms with Crippen molar-refractivity contribution in [3.05, 3.63) is 0 Å². The first-order chi connectivity index (χ1) is 46.1. The van der Waals surface area contributed by atoms with Crippen molar-refractivity contribution >= 4 is 39.5 Å². The van der Waals surface area contributed by atoms with Gasteiger partial charge in [0.25, 0.3) is 0 Å². The van der Waals surface area contributed by atoms with Gasteiger partial charge in [0.05, 0.1) is 26.4 Å². The zero-order valence-corrected chi connectivity index (χ0v) is 64.8. The Bertz CT molecular complexity index is 1880. The van der Waals surface area contributed by atoms with E-state index in [1.54, 1.807) is 0 Å². The van der Waals surface area contributed by atoms with Crippen LogP contribution in [0.3, 0.4) is 0 Å². The Morgan fingerprint density at radius 1 is 0.260 bits per heavy atom. The third kappa shape index (κ3) is 70.5. The van der Waals surface area contributed by atoms with E-state index in [0.29, 0.717) is 37.5 Å². The summed E-state index contributed by atoms with van der Waals surface area (Å²) >= 11 is 0. The van der Waals surface area contributed by atoms with Crippen molar-refractivity contribution in [2.45, 2.75) is 408 Å². The molecule has 3 N–H and O–H groups in total. The topological polar surface area (TPSA) is 237 Å². The fourth-order valence-corrected chi connectivity index (χ4v) is 13.3. The molecule has 0 saturated heterocycles. The Kier molecular flexibility index (Phi) is 65.0. The van der Waals surface area contributed by atoms with Gasteiger partial charge in [-0.3, -0.25) is 37.3 Å². The molecule has 0 spiro atoms. The highest BCUT2D eigenvalue weighted by molar-refractivity contribution is 7.47. The van der Waals surface area contributed by atoms with Crippen LogP contribution in [0.2, 0.25) is 0 Å². The van der Waals surface area contributed by atoms with Crippen LogP contribution in [0.15, 0.2) is 0 Å². The van der Waals surface area contributed by atoms with Crippen LogP contribution >= 0.6 is 15.6 Å². The molecule has 0 heterocycles. The van der Waals surface area contributed by atoms with Gasteiger partial charge in [0.15, 0.2) is 12.2 Å². The highest BCUT2D eigenvalue weighted by Gasteiger charge is 2.30. The lowest BCUT2D eigenvalue weighted by atomic mass is 10.0. The van der Waals surface area contributed by atoms with Crippen LogP contribution in [-0.2, 0) is 65.4 Å². The molecule has 0 aromatic heterocycles. The summed E-state index contributed by atoms with van der Waals surface area (Å²) in [5, 5.41) is 10.6. The second kappa shape index (κ2) is 66.3. The number of phosphoric ester groups is 2. The number of hydrogen-bond acceptors (Lipinski definition) is 15. The lowest BCUT2D eigenvalue weighted by Crippen LogP contribution is -2.30. The summed E-state index contributed by atoms with van der Waals surface area (Å²) in [4.78, 5) is 72.7. The minimum absolute atomic E-state index is 0.101. The molecule has 17 nitrogen and oxygen atoms in total. The van der Waals surface area contributed by atoms with E-state index in [1.807, 2.05) is 0 Å². The number of rotatable bonds is 74. The molecule has 0 bridgehead atoms. The predicted molar refractivity (Wildman–Crippen MR) is 391 cm³/mol. The minimum Gasteiger partial charge on any atom is -0.462 e. The number of ether oxygens (including phenoxy) is 4. The molecule has 0 fully saturated rings. The molecule has 0 aliphatic carbocycles. The maximum atomic E-state index is 13.1. The van der Waals surface area contributed by atoms with Gasteiger partial charge >= 0.3 is 39.5 Å². The van der Waals surface area contributed by atoms with E-state index in [9.17, 15) is 43.2 Å². The monoisotopic (exact) mass is 1410 g/mol. The van der Waals surface area contributed by atoms with Crippen LogP contribution in [0, 0.1) is 23.7 Å². The Morgan fingerprint density at radius 3 is 0.646 bits per heavy atom. The van der Waals surface area contributed by atoms with E-state index >= 15 is 0 Å². The highest BCUT2D eigenvalue weighted by Crippen LogP contribution is 2.45. The summed E-state index contributed by atoms with van der Waals surface area (Å²) in [5.41, 5.74) is 0. The summed E-state index contributed by atoms with van der Waals surface area (Å²) in [6, 6.07) is 0. The quantitative estimate of drug-likeness (QED) is 0.0222. The van der Waals surface area contributed by atoms with E-state index < -0.39 is 97.5 Å². The fourth-order valence-electron chi connectivity index (χ4n) is 11.7. The molecule has 96 heavy (non-hydrogen) atoms. The molecular weight excluding hydrogens is 1260 g/mol. The Morgan fingerprint density at radius 2 is 0.438 bits per heavy atom. The molecule has 19 heteroatoms. The van der Waals surface area contributed by atoms with Crippen molar-refractivity contribution in [3.8, 4) is 0 Å². The first-order valence-corrected chi connectivity index (χ1v) is 42.7. The van der Waals surface area contributed by atoms with Crippen LogP contribution in [0.1, 0.15) is 389 Å². The summed E-state index contributed by atoms with van der Waals surface area (Å²) < 4.78 is 68.5. The third-order valence-electron chi connectivity index (χ3n) is 17.8. The maximum absolute atomic E-state index is 13.1. The Labute approximate surface area is 588 Å². The molecule has 0 amide bonds. The van der Waals surface area contributed by atoms with Gasteiger partial charge in [-0.05, 0) is 49.4 Å². The second-order valence-electron chi connectivity index (χ2n) is 29.7. The van der Waals surface area contributed by atoms with E-state index in [4.69, 9.17) is 37.0 Å². The molecule has 570 valence electrons. The number of unbranched alkanes of at least 4 members (excludes halogenated alkanes) is 40. The zero-order valence-electron chi connectivity index (χ0n) is 63.0. The molecule has 0 aliphatic heterocycles. The number of esters is 4. The van der Waals surface area contributed by atoms with Gasteiger partial charge in [0, 0.05) is 25.7 Å². The molecule has 0 saturated carbocycles. The SMILES string of the molecule is CC(C)CCCCCCCCCCCCCCCCCCC(=O)OC[C@H](COP(=O)(O)OCC(O)COP(=O)(O)OC[C@@H](COC(=O)CCCCCCCCCC(C)C)OC(=O)CCCCCCCCC(C)C)OC(=O)CCCCCCCCCCCCCCCCCC(C)C. The Hall–Kier alpha value is -1.94. The van der Waals surface area contributed by atoms with Gasteiger partial charge in [-0.1, -0.05) is 338 Å². The maximum Gasteiger partial charge on any atom is 0.472 e. The van der Waals surface area contributed by atoms with Crippen molar-refractivity contribution in [1.82, 2.24) is 0 Å². The molecule has 5 atom stereocenters. The van der Waals surface area contributed by atoms with E-state index in [1.165, 1.54) is 186 Å². The molecule has 0 aromatic carbocycles. The largest absolute Gasteiger partial charge is 0.472 e. The van der Waals surface area contributed by atoms with Gasteiger partial charge in [0.2, 0.25) is 0 Å². The molecule has 0 radical (unpaired) electrons. The van der Waals surface area contributed by atoms with Crippen molar-refractivity contribution in [2.24, 2.45) is 23.7 Å². The first kappa shape index (κ1) is 94.1. The fraction of sp³-hybridized carbons (Fsp3) is 0.948. The van der Waals surface area contributed by atoms with Crippen molar-refractivity contribution in [3.63, 3.8) is 0 Å². The normalized spacial score (nSPS) is 14.1. The number of hydrogen-bond donors (Lipinski definition) is 3. The first-order valence-electron chi connectivity index (χ1n) is 39.7. The predicted octanol–water partition coefficient (Wildman–Crippen LogP) is 22.4. The van der Waals surface area contributed by atoms with Crippen LogP contribution in [0.25, 0.3) is 0 Å². The number of carbonyl (C=O) groups is 4. The van der Waals surface area contributed by atoms with Crippen LogP contribution < -0.4 is 0 Å². The van der Waals surface area contributed by atoms with Gasteiger partial charge in [-0.15, -0.1) is 0 Å². The van der Waals surface area contributed by atoms with Crippen molar-refractivity contribution < 1.29 is 80.2 Å². The van der Waals surface area contributed by atoms with Crippen LogP contribution in [-0.4, -0.2) is 96.7 Å². The average molecular weight is 1410 g/mol. The van der Waals surface area contributed by atoms with Crippen molar-refractivity contribution in [2.75, 3.05) is 39.6 Å². The lowest BCUT2D eigenvalue weighted by Gasteiger charge is -2.21. The van der Waals surface area contributed by atoms with Gasteiger partial charge in [0.1, 0.15) is 19.3 Å². The summed E-state index contributed by atoms with van der Waals surface area (Å²) in [7, 11) is -9.91. The molecular formula is C77H150O17P2. The molecule has 3 unspecified atom stereocenters.